The molecule has 44 valence electrons. The average molecular weight is 325 g/mol. The summed E-state index contributed by atoms with van der Waals surface area (Å²) in [5.74, 6) is 0. The molecule has 0 aliphatic rings. The van der Waals surface area contributed by atoms with Crippen LogP contribution in [-0.2, 0) is 27.7 Å². The van der Waals surface area contributed by atoms with Gasteiger partial charge >= 0.3 is 0 Å². The molecule has 0 atom stereocenters. The molecular formula is C7H8HgS. The molecular weight excluding hydrogens is 317 g/mol. The maximum atomic E-state index is 4.13. The van der Waals surface area contributed by atoms with Crippen LogP contribution >= 0.6 is 12.6 Å². The predicted molar refractivity (Wildman–Crippen MR) is 38.4 cm³/mol. The molecule has 0 saturated carbocycles. The summed E-state index contributed by atoms with van der Waals surface area (Å²) in [4.78, 5) is 1.02. The summed E-state index contributed by atoms with van der Waals surface area (Å²) in [6, 6.07) is 8.06. The van der Waals surface area contributed by atoms with Crippen LogP contribution in [0.1, 0.15) is 5.56 Å². The second-order valence-electron chi connectivity index (χ2n) is 1.84. The molecule has 0 spiro atoms. The van der Waals surface area contributed by atoms with Crippen LogP contribution in [0.5, 0.6) is 0 Å². The SMILES string of the molecule is Cc1ccc(S)cc1.[Hg]. The van der Waals surface area contributed by atoms with Crippen LogP contribution in [0.15, 0.2) is 29.2 Å². The molecule has 0 nitrogen and oxygen atoms in total. The van der Waals surface area contributed by atoms with Crippen molar-refractivity contribution in [2.45, 2.75) is 11.8 Å². The maximum Gasteiger partial charge on any atom is 0.00401 e. The van der Waals surface area contributed by atoms with E-state index < -0.39 is 0 Å². The normalized spacial score (nSPS) is 8.22. The third-order valence-corrected chi connectivity index (χ3v) is 1.33. The largest absolute Gasteiger partial charge is 0.143 e. The predicted octanol–water partition coefficient (Wildman–Crippen LogP) is 2.28. The molecule has 1 aromatic rings. The molecule has 0 aliphatic heterocycles. The molecule has 0 amide bonds. The Bertz CT molecular complexity index is 148. The van der Waals surface area contributed by atoms with Gasteiger partial charge in [-0.05, 0) is 19.1 Å². The van der Waals surface area contributed by atoms with Crippen molar-refractivity contribution in [3.63, 3.8) is 0 Å². The Labute approximate surface area is 81.6 Å². The molecule has 0 fully saturated rings. The topological polar surface area (TPSA) is 0 Å². The van der Waals surface area contributed by atoms with Gasteiger partial charge in [0.05, 0.1) is 0 Å². The zero-order valence-corrected chi connectivity index (χ0v) is 11.9. The number of hydrogen-bond donors (Lipinski definition) is 1. The van der Waals surface area contributed by atoms with Gasteiger partial charge in [0.25, 0.3) is 0 Å². The Balaban J connectivity index is 0.000000640. The third-order valence-electron chi connectivity index (χ3n) is 1.03. The van der Waals surface area contributed by atoms with Crippen molar-refractivity contribution in [1.29, 1.82) is 0 Å². The Morgan fingerprint density at radius 1 is 1.11 bits per heavy atom. The van der Waals surface area contributed by atoms with Gasteiger partial charge in [-0.25, -0.2) is 0 Å². The summed E-state index contributed by atoms with van der Waals surface area (Å²) in [5, 5.41) is 0. The van der Waals surface area contributed by atoms with E-state index in [1.54, 1.807) is 0 Å². The van der Waals surface area contributed by atoms with Crippen LogP contribution in [0.3, 0.4) is 0 Å². The minimum Gasteiger partial charge on any atom is -0.143 e. The molecule has 1 aromatic carbocycles. The number of rotatable bonds is 0. The fourth-order valence-electron chi connectivity index (χ4n) is 0.545. The molecule has 0 N–H and O–H groups in total. The van der Waals surface area contributed by atoms with Crippen LogP contribution in [-0.4, -0.2) is 0 Å². The number of thiol groups is 1. The number of hydrogen-bond acceptors (Lipinski definition) is 1. The van der Waals surface area contributed by atoms with Crippen LogP contribution in [0.25, 0.3) is 0 Å². The van der Waals surface area contributed by atoms with Gasteiger partial charge in [0.1, 0.15) is 0 Å². The fourth-order valence-corrected chi connectivity index (χ4v) is 0.694. The van der Waals surface area contributed by atoms with Crippen molar-refractivity contribution in [1.82, 2.24) is 0 Å². The van der Waals surface area contributed by atoms with Gasteiger partial charge < -0.3 is 0 Å². The van der Waals surface area contributed by atoms with Crippen molar-refractivity contribution < 1.29 is 27.7 Å². The molecule has 0 unspecified atom stereocenters. The number of benzene rings is 1. The zero-order valence-electron chi connectivity index (χ0n) is 5.46. The van der Waals surface area contributed by atoms with E-state index in [0.29, 0.717) is 0 Å². The summed E-state index contributed by atoms with van der Waals surface area (Å²) in [5.41, 5.74) is 1.28. The van der Waals surface area contributed by atoms with E-state index >= 15 is 0 Å². The number of aryl methyl sites for hydroxylation is 1. The summed E-state index contributed by atoms with van der Waals surface area (Å²) >= 11 is 4.13. The van der Waals surface area contributed by atoms with E-state index in [1.165, 1.54) is 5.56 Å². The van der Waals surface area contributed by atoms with E-state index in [1.807, 2.05) is 24.3 Å². The Morgan fingerprint density at radius 3 is 1.89 bits per heavy atom. The van der Waals surface area contributed by atoms with Crippen molar-refractivity contribution >= 4 is 12.6 Å². The van der Waals surface area contributed by atoms with Crippen LogP contribution < -0.4 is 0 Å². The molecule has 0 heterocycles. The first-order valence-electron chi connectivity index (χ1n) is 2.54. The summed E-state index contributed by atoms with van der Waals surface area (Å²) in [7, 11) is 0. The molecule has 0 saturated heterocycles. The van der Waals surface area contributed by atoms with Gasteiger partial charge in [0.15, 0.2) is 0 Å². The van der Waals surface area contributed by atoms with E-state index in [4.69, 9.17) is 0 Å². The molecule has 0 radical (unpaired) electrons. The zero-order chi connectivity index (χ0) is 5.98. The second-order valence-corrected chi connectivity index (χ2v) is 2.35. The molecule has 0 bridgehead atoms. The minimum atomic E-state index is 0. The molecule has 9 heavy (non-hydrogen) atoms. The van der Waals surface area contributed by atoms with Gasteiger partial charge in [-0.2, -0.15) is 0 Å². The van der Waals surface area contributed by atoms with Crippen molar-refractivity contribution in [2.75, 3.05) is 0 Å². The second kappa shape index (κ2) is 4.34. The van der Waals surface area contributed by atoms with Crippen molar-refractivity contribution in [3.05, 3.63) is 29.8 Å². The van der Waals surface area contributed by atoms with E-state index in [0.717, 1.165) is 4.90 Å². The van der Waals surface area contributed by atoms with Crippen LogP contribution in [0.4, 0.5) is 0 Å². The van der Waals surface area contributed by atoms with Gasteiger partial charge in [0, 0.05) is 32.6 Å². The molecule has 2 heteroatoms. The Kier molecular flexibility index (Phi) is 4.58. The van der Waals surface area contributed by atoms with E-state index in [-0.39, 0.29) is 27.7 Å². The van der Waals surface area contributed by atoms with E-state index in [2.05, 4.69) is 19.6 Å². The monoisotopic (exact) mass is 326 g/mol. The third kappa shape index (κ3) is 3.26. The molecule has 1 rings (SSSR count). The Hall–Kier alpha value is 0.505. The summed E-state index contributed by atoms with van der Waals surface area (Å²) < 4.78 is 0. The minimum absolute atomic E-state index is 0. The van der Waals surface area contributed by atoms with Crippen molar-refractivity contribution in [2.24, 2.45) is 0 Å². The Morgan fingerprint density at radius 2 is 1.56 bits per heavy atom. The first-order valence-corrected chi connectivity index (χ1v) is 2.99. The van der Waals surface area contributed by atoms with Gasteiger partial charge in [-0.15, -0.1) is 12.6 Å². The fraction of sp³-hybridized carbons (Fsp3) is 0.143. The quantitative estimate of drug-likeness (QED) is 0.549. The summed E-state index contributed by atoms with van der Waals surface area (Å²) in [6.07, 6.45) is 0. The van der Waals surface area contributed by atoms with Crippen molar-refractivity contribution in [3.8, 4) is 0 Å². The van der Waals surface area contributed by atoms with E-state index in [9.17, 15) is 0 Å². The van der Waals surface area contributed by atoms with Gasteiger partial charge in [-0.1, -0.05) is 17.7 Å². The standard InChI is InChI=1S/C7H8S.Hg/c1-6-2-4-7(8)5-3-6;/h2-5,8H,1H3;. The summed E-state index contributed by atoms with van der Waals surface area (Å²) in [6.45, 7) is 2.06. The molecule has 0 aliphatic carbocycles. The molecule has 0 aromatic heterocycles. The van der Waals surface area contributed by atoms with Gasteiger partial charge in [-0.3, -0.25) is 0 Å². The smallest absolute Gasteiger partial charge is 0.00401 e. The van der Waals surface area contributed by atoms with Crippen LogP contribution in [0, 0.1) is 6.92 Å². The first kappa shape index (κ1) is 9.51. The first-order chi connectivity index (χ1) is 3.79. The van der Waals surface area contributed by atoms with Gasteiger partial charge in [0.2, 0.25) is 0 Å². The van der Waals surface area contributed by atoms with Crippen LogP contribution in [0.2, 0.25) is 0 Å². The maximum absolute atomic E-state index is 4.13. The average Bonchev–Trinajstić information content (AvgIpc) is 1.77.